The van der Waals surface area contributed by atoms with Crippen LogP contribution >= 0.6 is 20.4 Å². The summed E-state index contributed by atoms with van der Waals surface area (Å²) in [6.45, 7) is 1.29. The Hall–Kier alpha value is -1.84. The number of nitro groups is 1. The predicted octanol–water partition coefficient (Wildman–Crippen LogP) is 2.33. The van der Waals surface area contributed by atoms with Crippen LogP contribution in [0, 0.1) is 22.5 Å². The van der Waals surface area contributed by atoms with E-state index in [4.69, 9.17) is 20.1 Å². The van der Waals surface area contributed by atoms with Crippen molar-refractivity contribution in [3.05, 3.63) is 27.9 Å². The monoisotopic (exact) mass is 475 g/mol. The van der Waals surface area contributed by atoms with Crippen LogP contribution in [0.5, 0.6) is 0 Å². The zero-order valence-corrected chi connectivity index (χ0v) is 20.0. The zero-order valence-electron chi connectivity index (χ0n) is 18.3. The van der Waals surface area contributed by atoms with Crippen LogP contribution < -0.4 is 0 Å². The normalized spacial score (nSPS) is 12.3. The Morgan fingerprint density at radius 1 is 1.39 bits per heavy atom. The Kier molecular flexibility index (Phi) is 11.9. The topological polar surface area (TPSA) is 113 Å². The highest BCUT2D eigenvalue weighted by molar-refractivity contribution is 7.98. The molecule has 0 spiro atoms. The molecule has 0 N–H and O–H groups in total. The van der Waals surface area contributed by atoms with Gasteiger partial charge in [0, 0.05) is 18.8 Å². The van der Waals surface area contributed by atoms with Crippen LogP contribution in [0.25, 0.3) is 0 Å². The molecule has 0 fully saturated rings. The molecule has 0 saturated heterocycles. The first-order valence-corrected chi connectivity index (χ1v) is 11.4. The first kappa shape index (κ1) is 27.2. The molecule has 0 aliphatic rings. The number of aromatic nitrogens is 1. The van der Waals surface area contributed by atoms with Gasteiger partial charge < -0.3 is 18.4 Å². The fourth-order valence-electron chi connectivity index (χ4n) is 2.15. The molecule has 0 bridgehead atoms. The van der Waals surface area contributed by atoms with Crippen molar-refractivity contribution in [2.75, 3.05) is 67.4 Å². The van der Waals surface area contributed by atoms with Gasteiger partial charge in [-0.2, -0.15) is 4.67 Å². The smallest absolute Gasteiger partial charge is 0.329 e. The standard InChI is InChI=1S/C18H28N4O7PS/c1-7-8-20(9-11-27-30(29-26-5)28-12-10-22(2,3)4)18(23)15-13-16(21(24)25)17(31-6)19-14-15/h1,13-14H,8-12H2,2-6H3/q+1. The fraction of sp³-hybridized carbons (Fsp3) is 0.556. The number of hydrogen-bond donors (Lipinski definition) is 0. The van der Waals surface area contributed by atoms with E-state index in [1.807, 2.05) is 21.1 Å². The summed E-state index contributed by atoms with van der Waals surface area (Å²) in [7, 11) is 5.64. The van der Waals surface area contributed by atoms with Crippen molar-refractivity contribution in [1.82, 2.24) is 9.88 Å². The molecule has 11 nitrogen and oxygen atoms in total. The molecule has 0 saturated carbocycles. The lowest BCUT2D eigenvalue weighted by Gasteiger charge is -2.25. The molecule has 0 radical (unpaired) electrons. The van der Waals surface area contributed by atoms with Crippen molar-refractivity contribution in [2.24, 2.45) is 0 Å². The van der Waals surface area contributed by atoms with Gasteiger partial charge in [-0.05, 0) is 6.26 Å². The largest absolute Gasteiger partial charge is 0.363 e. The van der Waals surface area contributed by atoms with Crippen molar-refractivity contribution in [3.63, 3.8) is 0 Å². The summed E-state index contributed by atoms with van der Waals surface area (Å²) in [5, 5.41) is 11.5. The van der Waals surface area contributed by atoms with Gasteiger partial charge in [0.05, 0.1) is 51.9 Å². The van der Waals surface area contributed by atoms with Crippen LogP contribution in [0.2, 0.25) is 0 Å². The maximum atomic E-state index is 12.8. The highest BCUT2D eigenvalue weighted by Gasteiger charge is 2.23. The van der Waals surface area contributed by atoms with Crippen LogP contribution in [0.4, 0.5) is 5.69 Å². The van der Waals surface area contributed by atoms with Crippen LogP contribution in [0.15, 0.2) is 17.3 Å². The molecule has 172 valence electrons. The molecule has 1 aromatic rings. The van der Waals surface area contributed by atoms with Gasteiger partial charge in [-0.1, -0.05) is 5.92 Å². The van der Waals surface area contributed by atoms with E-state index in [1.165, 1.54) is 24.3 Å². The van der Waals surface area contributed by atoms with Crippen LogP contribution in [0.1, 0.15) is 10.4 Å². The zero-order chi connectivity index (χ0) is 23.4. The number of likely N-dealkylation sites (N-methyl/N-ethyl adjacent to an activating group) is 1. The number of pyridine rings is 1. The van der Waals surface area contributed by atoms with Gasteiger partial charge in [-0.25, -0.2) is 9.87 Å². The summed E-state index contributed by atoms with van der Waals surface area (Å²) in [6, 6.07) is 1.19. The number of nitrogens with zero attached hydrogens (tertiary/aromatic N) is 4. The molecule has 1 unspecified atom stereocenters. The Morgan fingerprint density at radius 2 is 2.06 bits per heavy atom. The average molecular weight is 475 g/mol. The minimum Gasteiger partial charge on any atom is -0.329 e. The molecule has 1 rings (SSSR count). The van der Waals surface area contributed by atoms with E-state index < -0.39 is 19.4 Å². The van der Waals surface area contributed by atoms with Gasteiger partial charge in [-0.3, -0.25) is 14.9 Å². The van der Waals surface area contributed by atoms with Crippen molar-refractivity contribution < 1.29 is 32.8 Å². The van der Waals surface area contributed by atoms with E-state index in [1.54, 1.807) is 6.26 Å². The van der Waals surface area contributed by atoms with Gasteiger partial charge in [0.2, 0.25) is 0 Å². The molecule has 0 aromatic carbocycles. The number of carbonyl (C=O) groups is 1. The maximum Gasteiger partial charge on any atom is 0.363 e. The second-order valence-corrected chi connectivity index (χ2v) is 8.99. The number of hydrogen-bond acceptors (Lipinski definition) is 9. The summed E-state index contributed by atoms with van der Waals surface area (Å²) in [5.41, 5.74) is -0.174. The van der Waals surface area contributed by atoms with Gasteiger partial charge in [0.1, 0.15) is 13.2 Å². The molecule has 31 heavy (non-hydrogen) atoms. The summed E-state index contributed by atoms with van der Waals surface area (Å²) < 4.78 is 16.8. The van der Waals surface area contributed by atoms with Gasteiger partial charge >= 0.3 is 14.3 Å². The summed E-state index contributed by atoms with van der Waals surface area (Å²) in [5.74, 6) is 1.91. The first-order chi connectivity index (χ1) is 14.6. The lowest BCUT2D eigenvalue weighted by molar-refractivity contribution is -0.870. The minimum atomic E-state index is -1.77. The van der Waals surface area contributed by atoms with E-state index >= 15 is 0 Å². The summed E-state index contributed by atoms with van der Waals surface area (Å²) >= 11 is 1.12. The number of terminal acetylenes is 1. The Bertz CT molecular complexity index is 785. The molecule has 0 aliphatic heterocycles. The van der Waals surface area contributed by atoms with Crippen LogP contribution in [0.3, 0.4) is 0 Å². The number of amides is 1. The molecule has 1 aromatic heterocycles. The van der Waals surface area contributed by atoms with Gasteiger partial charge in [-0.15, -0.1) is 18.2 Å². The Balaban J connectivity index is 2.76. The third kappa shape index (κ3) is 9.88. The third-order valence-electron chi connectivity index (χ3n) is 3.69. The average Bonchev–Trinajstić information content (AvgIpc) is 2.71. The molecule has 13 heteroatoms. The molecule has 1 heterocycles. The minimum absolute atomic E-state index is 0.00824. The van der Waals surface area contributed by atoms with Crippen molar-refractivity contribution in [2.45, 2.75) is 5.03 Å². The number of thioether (sulfide) groups is 1. The second kappa shape index (κ2) is 13.5. The van der Waals surface area contributed by atoms with Crippen molar-refractivity contribution in [1.29, 1.82) is 0 Å². The summed E-state index contributed by atoms with van der Waals surface area (Å²) in [6.07, 6.45) is 8.34. The van der Waals surface area contributed by atoms with Crippen molar-refractivity contribution >= 4 is 32.0 Å². The van der Waals surface area contributed by atoms with E-state index in [9.17, 15) is 14.9 Å². The summed E-state index contributed by atoms with van der Waals surface area (Å²) in [4.78, 5) is 33.5. The van der Waals surface area contributed by atoms with E-state index in [-0.39, 0.29) is 36.0 Å². The third-order valence-corrected chi connectivity index (χ3v) is 5.45. The van der Waals surface area contributed by atoms with Gasteiger partial charge in [0.15, 0.2) is 5.03 Å². The first-order valence-electron chi connectivity index (χ1n) is 9.11. The second-order valence-electron chi connectivity index (χ2n) is 7.09. The lowest BCUT2D eigenvalue weighted by Crippen LogP contribution is -2.37. The number of quaternary nitrogens is 1. The molecule has 1 amide bonds. The highest BCUT2D eigenvalue weighted by Crippen LogP contribution is 2.39. The fourth-order valence-corrected chi connectivity index (χ4v) is 3.39. The van der Waals surface area contributed by atoms with E-state index in [2.05, 4.69) is 15.8 Å². The Morgan fingerprint density at radius 3 is 2.61 bits per heavy atom. The van der Waals surface area contributed by atoms with E-state index in [0.29, 0.717) is 11.1 Å². The molecular formula is C18H28N4O7PS+. The highest BCUT2D eigenvalue weighted by atomic mass is 32.2. The quantitative estimate of drug-likeness (QED) is 0.0761. The lowest BCUT2D eigenvalue weighted by atomic mass is 10.2. The maximum absolute atomic E-state index is 12.8. The van der Waals surface area contributed by atoms with E-state index in [0.717, 1.165) is 18.3 Å². The van der Waals surface area contributed by atoms with Gasteiger partial charge in [0.25, 0.3) is 5.91 Å². The Labute approximate surface area is 187 Å². The molecule has 1 atom stereocenters. The predicted molar refractivity (Wildman–Crippen MR) is 117 cm³/mol. The molecular weight excluding hydrogens is 447 g/mol. The van der Waals surface area contributed by atoms with Crippen LogP contribution in [-0.2, 0) is 18.6 Å². The number of rotatable bonds is 14. The number of carbonyl (C=O) groups excluding carboxylic acids is 1. The molecule has 0 aliphatic carbocycles. The van der Waals surface area contributed by atoms with Crippen molar-refractivity contribution in [3.8, 4) is 12.3 Å². The van der Waals surface area contributed by atoms with Crippen LogP contribution in [-0.4, -0.2) is 92.6 Å². The SMILES string of the molecule is C#CCN(CCOP(OCC[N+](C)(C)C)OOC)C(=O)c1cnc(SC)c([N+](=O)[O-])c1.